The number of amides is 2. The van der Waals surface area contributed by atoms with Gasteiger partial charge in [0.15, 0.2) is 0 Å². The van der Waals surface area contributed by atoms with Crippen LogP contribution in [0.15, 0.2) is 24.3 Å². The number of rotatable bonds is 4. The molecule has 1 atom stereocenters. The smallest absolute Gasteiger partial charge is 0.237 e. The third-order valence-corrected chi connectivity index (χ3v) is 3.17. The minimum Gasteiger partial charge on any atom is -0.353 e. The van der Waals surface area contributed by atoms with E-state index in [9.17, 15) is 9.59 Å². The fourth-order valence-electron chi connectivity index (χ4n) is 2.03. The van der Waals surface area contributed by atoms with Crippen LogP contribution in [-0.2, 0) is 16.0 Å². The topological polar surface area (TPSA) is 70.2 Å². The van der Waals surface area contributed by atoms with E-state index >= 15 is 0 Å². The van der Waals surface area contributed by atoms with Crippen molar-refractivity contribution in [2.24, 2.45) is 0 Å². The highest BCUT2D eigenvalue weighted by Gasteiger charge is 2.23. The van der Waals surface area contributed by atoms with Gasteiger partial charge in [0, 0.05) is 18.8 Å². The van der Waals surface area contributed by atoms with Gasteiger partial charge in [0.25, 0.3) is 0 Å². The van der Waals surface area contributed by atoms with E-state index in [1.54, 1.807) is 0 Å². The molecule has 0 aromatic heterocycles. The Balaban J connectivity index is 1.87. The Morgan fingerprint density at radius 3 is 2.68 bits per heavy atom. The van der Waals surface area contributed by atoms with Crippen molar-refractivity contribution in [3.8, 4) is 0 Å². The predicted molar refractivity (Wildman–Crippen MR) is 73.9 cm³/mol. The molecule has 102 valence electrons. The lowest BCUT2D eigenvalue weighted by Gasteiger charge is -2.22. The van der Waals surface area contributed by atoms with Gasteiger partial charge in [-0.1, -0.05) is 19.1 Å². The van der Waals surface area contributed by atoms with Crippen LogP contribution in [0.1, 0.15) is 18.9 Å². The van der Waals surface area contributed by atoms with Gasteiger partial charge in [-0.2, -0.15) is 0 Å². The van der Waals surface area contributed by atoms with Crippen molar-refractivity contribution < 1.29 is 9.59 Å². The zero-order chi connectivity index (χ0) is 13.7. The number of hydrogen-bond acceptors (Lipinski definition) is 3. The third-order valence-electron chi connectivity index (χ3n) is 3.17. The summed E-state index contributed by atoms with van der Waals surface area (Å²) in [6, 6.07) is 7.31. The second-order valence-corrected chi connectivity index (χ2v) is 4.60. The van der Waals surface area contributed by atoms with E-state index in [2.05, 4.69) is 22.9 Å². The monoisotopic (exact) mass is 261 g/mol. The Morgan fingerprint density at radius 2 is 2.05 bits per heavy atom. The van der Waals surface area contributed by atoms with Gasteiger partial charge in [0.05, 0.1) is 12.5 Å². The summed E-state index contributed by atoms with van der Waals surface area (Å²) in [6.45, 7) is 3.41. The van der Waals surface area contributed by atoms with Gasteiger partial charge in [-0.25, -0.2) is 0 Å². The van der Waals surface area contributed by atoms with Crippen molar-refractivity contribution in [3.05, 3.63) is 29.8 Å². The highest BCUT2D eigenvalue weighted by atomic mass is 16.2. The lowest BCUT2D eigenvalue weighted by atomic mass is 10.1. The third kappa shape index (κ3) is 3.79. The van der Waals surface area contributed by atoms with Crippen LogP contribution >= 0.6 is 0 Å². The average molecular weight is 261 g/mol. The van der Waals surface area contributed by atoms with Crippen LogP contribution in [0.3, 0.4) is 0 Å². The van der Waals surface area contributed by atoms with E-state index < -0.39 is 6.04 Å². The second-order valence-electron chi connectivity index (χ2n) is 4.60. The first-order valence-electron chi connectivity index (χ1n) is 6.59. The van der Waals surface area contributed by atoms with Crippen molar-refractivity contribution in [2.75, 3.05) is 18.4 Å². The van der Waals surface area contributed by atoms with Crippen LogP contribution in [0.25, 0.3) is 0 Å². The van der Waals surface area contributed by atoms with Crippen LogP contribution in [0.5, 0.6) is 0 Å². The molecule has 0 saturated carbocycles. The van der Waals surface area contributed by atoms with Gasteiger partial charge in [-0.15, -0.1) is 0 Å². The molecular weight excluding hydrogens is 242 g/mol. The Bertz CT molecular complexity index is 456. The first kappa shape index (κ1) is 13.5. The highest BCUT2D eigenvalue weighted by Crippen LogP contribution is 2.10. The quantitative estimate of drug-likeness (QED) is 0.746. The van der Waals surface area contributed by atoms with E-state index in [0.717, 1.165) is 12.1 Å². The molecule has 2 rings (SSSR count). The summed E-state index contributed by atoms with van der Waals surface area (Å²) in [5.41, 5.74) is 1.99. The SMILES string of the molecule is CCc1ccc(NC(=O)C[C@@H]2NCCNC2=O)cc1. The van der Waals surface area contributed by atoms with Gasteiger partial charge in [-0.3, -0.25) is 9.59 Å². The zero-order valence-corrected chi connectivity index (χ0v) is 11.0. The van der Waals surface area contributed by atoms with E-state index in [1.807, 2.05) is 24.3 Å². The molecule has 1 heterocycles. The Hall–Kier alpha value is -1.88. The molecule has 5 nitrogen and oxygen atoms in total. The van der Waals surface area contributed by atoms with E-state index in [1.165, 1.54) is 5.56 Å². The fourth-order valence-corrected chi connectivity index (χ4v) is 2.03. The van der Waals surface area contributed by atoms with Gasteiger partial charge in [-0.05, 0) is 24.1 Å². The molecule has 0 spiro atoms. The number of anilines is 1. The molecular formula is C14H19N3O2. The lowest BCUT2D eigenvalue weighted by Crippen LogP contribution is -2.53. The molecule has 1 fully saturated rings. The summed E-state index contributed by atoms with van der Waals surface area (Å²) in [6.07, 6.45) is 1.13. The van der Waals surface area contributed by atoms with Gasteiger partial charge in [0.1, 0.15) is 0 Å². The van der Waals surface area contributed by atoms with Gasteiger partial charge >= 0.3 is 0 Å². The first-order valence-corrected chi connectivity index (χ1v) is 6.59. The molecule has 0 aliphatic carbocycles. The molecule has 1 aromatic rings. The summed E-state index contributed by atoms with van der Waals surface area (Å²) >= 11 is 0. The summed E-state index contributed by atoms with van der Waals surface area (Å²) in [7, 11) is 0. The number of carbonyl (C=O) groups is 2. The molecule has 1 aliphatic rings. The zero-order valence-electron chi connectivity index (χ0n) is 11.0. The number of hydrogen-bond donors (Lipinski definition) is 3. The van der Waals surface area contributed by atoms with Crippen LogP contribution < -0.4 is 16.0 Å². The number of carbonyl (C=O) groups excluding carboxylic acids is 2. The molecule has 1 aliphatic heterocycles. The second kappa shape index (κ2) is 6.33. The van der Waals surface area contributed by atoms with Crippen molar-refractivity contribution in [3.63, 3.8) is 0 Å². The number of piperazine rings is 1. The normalized spacial score (nSPS) is 18.8. The largest absolute Gasteiger partial charge is 0.353 e. The predicted octanol–water partition coefficient (Wildman–Crippen LogP) is 0.666. The molecule has 1 aromatic carbocycles. The minimum atomic E-state index is -0.427. The highest BCUT2D eigenvalue weighted by molar-refractivity contribution is 5.95. The Kier molecular flexibility index (Phi) is 4.52. The van der Waals surface area contributed by atoms with Gasteiger partial charge in [0.2, 0.25) is 11.8 Å². The fraction of sp³-hybridized carbons (Fsp3) is 0.429. The molecule has 3 N–H and O–H groups in total. The molecule has 1 saturated heterocycles. The maximum Gasteiger partial charge on any atom is 0.237 e. The molecule has 0 radical (unpaired) electrons. The lowest BCUT2D eigenvalue weighted by molar-refractivity contribution is -0.127. The van der Waals surface area contributed by atoms with E-state index in [0.29, 0.717) is 13.1 Å². The van der Waals surface area contributed by atoms with Crippen LogP contribution in [0.4, 0.5) is 5.69 Å². The van der Waals surface area contributed by atoms with Gasteiger partial charge < -0.3 is 16.0 Å². The number of benzene rings is 1. The Labute approximate surface area is 112 Å². The molecule has 2 amide bonds. The van der Waals surface area contributed by atoms with Crippen LogP contribution in [0.2, 0.25) is 0 Å². The standard InChI is InChI=1S/C14H19N3O2/c1-2-10-3-5-11(6-4-10)17-13(18)9-12-14(19)16-8-7-15-12/h3-6,12,15H,2,7-9H2,1H3,(H,16,19)(H,17,18)/t12-/m0/s1. The molecule has 0 bridgehead atoms. The summed E-state index contributed by atoms with van der Waals surface area (Å²) < 4.78 is 0. The van der Waals surface area contributed by atoms with Crippen molar-refractivity contribution in [1.29, 1.82) is 0 Å². The molecule has 5 heteroatoms. The summed E-state index contributed by atoms with van der Waals surface area (Å²) in [5.74, 6) is -0.262. The Morgan fingerprint density at radius 1 is 1.32 bits per heavy atom. The van der Waals surface area contributed by atoms with Crippen molar-refractivity contribution >= 4 is 17.5 Å². The van der Waals surface area contributed by atoms with Crippen LogP contribution in [0, 0.1) is 0 Å². The average Bonchev–Trinajstić information content (AvgIpc) is 2.42. The summed E-state index contributed by atoms with van der Waals surface area (Å²) in [5, 5.41) is 8.57. The van der Waals surface area contributed by atoms with Crippen LogP contribution in [-0.4, -0.2) is 30.9 Å². The summed E-state index contributed by atoms with van der Waals surface area (Å²) in [4.78, 5) is 23.4. The first-order chi connectivity index (χ1) is 9.19. The number of nitrogens with one attached hydrogen (secondary N) is 3. The maximum atomic E-state index is 11.8. The van der Waals surface area contributed by atoms with Crippen molar-refractivity contribution in [2.45, 2.75) is 25.8 Å². The minimum absolute atomic E-state index is 0.109. The van der Waals surface area contributed by atoms with E-state index in [4.69, 9.17) is 0 Å². The molecule has 0 unspecified atom stereocenters. The number of aryl methyl sites for hydroxylation is 1. The van der Waals surface area contributed by atoms with Crippen molar-refractivity contribution in [1.82, 2.24) is 10.6 Å². The van der Waals surface area contributed by atoms with E-state index in [-0.39, 0.29) is 18.2 Å². The molecule has 19 heavy (non-hydrogen) atoms. The maximum absolute atomic E-state index is 11.8.